The number of hydrogen-bond donors (Lipinski definition) is 0. The molecule has 0 amide bonds. The number of rotatable bonds is 4. The van der Waals surface area contributed by atoms with Gasteiger partial charge in [0.05, 0.1) is 16.8 Å². The van der Waals surface area contributed by atoms with E-state index in [4.69, 9.17) is 0 Å². The lowest BCUT2D eigenvalue weighted by atomic mass is 9.70. The van der Waals surface area contributed by atoms with Crippen molar-refractivity contribution in [1.29, 1.82) is 0 Å². The highest BCUT2D eigenvalue weighted by Gasteiger charge is 2.53. The molecule has 10 aromatic rings. The molecule has 9 aromatic carbocycles. The molecule has 1 nitrogen and oxygen atoms in total. The minimum absolute atomic E-state index is 0.455. The first-order valence-corrected chi connectivity index (χ1v) is 19.8. The van der Waals surface area contributed by atoms with E-state index in [2.05, 4.69) is 205 Å². The zero-order chi connectivity index (χ0) is 36.1. The van der Waals surface area contributed by atoms with Gasteiger partial charge in [0.1, 0.15) is 0 Å². The van der Waals surface area contributed by atoms with Gasteiger partial charge in [0, 0.05) is 26.2 Å². The maximum absolute atomic E-state index is 2.53. The first kappa shape index (κ1) is 30.7. The van der Waals surface area contributed by atoms with Crippen LogP contribution < -0.4 is 4.90 Å². The number of hydrogen-bond acceptors (Lipinski definition) is 2. The Morgan fingerprint density at radius 1 is 0.382 bits per heavy atom. The Morgan fingerprint density at radius 2 is 0.982 bits per heavy atom. The maximum Gasteiger partial charge on any atom is 0.0740 e. The van der Waals surface area contributed by atoms with Crippen molar-refractivity contribution in [2.45, 2.75) is 5.41 Å². The van der Waals surface area contributed by atoms with Crippen LogP contribution in [0, 0.1) is 0 Å². The van der Waals surface area contributed by atoms with Gasteiger partial charge in [0.25, 0.3) is 0 Å². The van der Waals surface area contributed by atoms with Crippen molar-refractivity contribution >= 4 is 60.0 Å². The molecule has 256 valence electrons. The van der Waals surface area contributed by atoms with Gasteiger partial charge in [0.2, 0.25) is 0 Å². The van der Waals surface area contributed by atoms with Gasteiger partial charge in [-0.25, -0.2) is 0 Å². The van der Waals surface area contributed by atoms with Crippen LogP contribution >= 0.6 is 11.3 Å². The van der Waals surface area contributed by atoms with Crippen LogP contribution in [0.3, 0.4) is 0 Å². The second-order valence-corrected chi connectivity index (χ2v) is 15.8. The highest BCUT2D eigenvalue weighted by atomic mass is 32.1. The van der Waals surface area contributed by atoms with Crippen molar-refractivity contribution in [2.24, 2.45) is 0 Å². The van der Waals surface area contributed by atoms with Crippen molar-refractivity contribution in [3.63, 3.8) is 0 Å². The Hall–Kier alpha value is -6.74. The van der Waals surface area contributed by atoms with Crippen LogP contribution in [0.2, 0.25) is 0 Å². The summed E-state index contributed by atoms with van der Waals surface area (Å²) in [6, 6.07) is 74.4. The van der Waals surface area contributed by atoms with Gasteiger partial charge in [0.15, 0.2) is 0 Å². The average Bonchev–Trinajstić information content (AvgIpc) is 3.88. The van der Waals surface area contributed by atoms with Crippen molar-refractivity contribution in [2.75, 3.05) is 4.90 Å². The van der Waals surface area contributed by atoms with E-state index in [0.717, 1.165) is 17.1 Å². The SMILES string of the molecule is c1ccc(-c2ccccc2N(c2ccc3c(c2)C2(c4ccccc4-c4ccccc42)c2c-3sc3ccccc23)c2cc3ccccc3c3ccccc23)cc1. The third-order valence-electron chi connectivity index (χ3n) is 12.0. The number of nitrogens with zero attached hydrogens (tertiary/aromatic N) is 1. The average molecular weight is 716 g/mol. The number of thiophene rings is 1. The fraction of sp³-hybridized carbons (Fsp3) is 0.0189. The van der Waals surface area contributed by atoms with E-state index in [1.54, 1.807) is 0 Å². The predicted molar refractivity (Wildman–Crippen MR) is 233 cm³/mol. The molecule has 0 unspecified atom stereocenters. The highest BCUT2D eigenvalue weighted by molar-refractivity contribution is 7.22. The summed E-state index contributed by atoms with van der Waals surface area (Å²) < 4.78 is 1.34. The van der Waals surface area contributed by atoms with Gasteiger partial charge in [-0.15, -0.1) is 11.3 Å². The molecule has 0 N–H and O–H groups in total. The molecular weight excluding hydrogens is 683 g/mol. The van der Waals surface area contributed by atoms with E-state index in [1.807, 2.05) is 11.3 Å². The van der Waals surface area contributed by atoms with E-state index in [9.17, 15) is 0 Å². The quantitative estimate of drug-likeness (QED) is 0.164. The van der Waals surface area contributed by atoms with Gasteiger partial charge in [-0.3, -0.25) is 0 Å². The number of anilines is 3. The summed E-state index contributed by atoms with van der Waals surface area (Å²) in [6.07, 6.45) is 0. The summed E-state index contributed by atoms with van der Waals surface area (Å²) in [4.78, 5) is 3.91. The normalized spacial score (nSPS) is 13.2. The summed E-state index contributed by atoms with van der Waals surface area (Å²) >= 11 is 1.94. The predicted octanol–water partition coefficient (Wildman–Crippen LogP) is 14.7. The molecule has 0 radical (unpaired) electrons. The van der Waals surface area contributed by atoms with Crippen molar-refractivity contribution in [3.05, 3.63) is 222 Å². The molecule has 1 heterocycles. The molecule has 1 spiro atoms. The van der Waals surface area contributed by atoms with E-state index in [-0.39, 0.29) is 0 Å². The van der Waals surface area contributed by atoms with Crippen molar-refractivity contribution in [3.8, 4) is 32.7 Å². The molecule has 12 rings (SSSR count). The molecule has 0 bridgehead atoms. The topological polar surface area (TPSA) is 3.24 Å². The largest absolute Gasteiger partial charge is 0.309 e. The standard InChI is InChI=1S/C53H33NS/c1-2-16-34(17-3-1)38-20-10-14-28-48(38)54(49-32-35-18-4-5-19-37(35)39-21-6-7-24-42(39)49)36-30-31-43-47(33-36)53(51-44-25-11-15-29-50(44)55-52(43)51)45-26-12-8-22-40(45)41-23-9-13-27-46(41)53/h1-33H. The van der Waals surface area contributed by atoms with Crippen LogP contribution in [0.15, 0.2) is 200 Å². The Labute approximate surface area is 324 Å². The first-order valence-electron chi connectivity index (χ1n) is 19.0. The lowest BCUT2D eigenvalue weighted by Gasteiger charge is -2.33. The van der Waals surface area contributed by atoms with Gasteiger partial charge in [-0.05, 0) is 96.4 Å². The summed E-state index contributed by atoms with van der Waals surface area (Å²) in [5.74, 6) is 0. The molecule has 2 heteroatoms. The summed E-state index contributed by atoms with van der Waals surface area (Å²) in [5.41, 5.74) is 14.9. The fourth-order valence-corrected chi connectivity index (χ4v) is 11.2. The maximum atomic E-state index is 2.53. The molecule has 0 saturated carbocycles. The molecular formula is C53H33NS. The molecule has 1 aromatic heterocycles. The van der Waals surface area contributed by atoms with Crippen molar-refractivity contribution < 1.29 is 0 Å². The van der Waals surface area contributed by atoms with Gasteiger partial charge in [-0.2, -0.15) is 0 Å². The van der Waals surface area contributed by atoms with Gasteiger partial charge < -0.3 is 4.90 Å². The Balaban J connectivity index is 1.21. The molecule has 0 atom stereocenters. The Bertz CT molecular complexity index is 3120. The third-order valence-corrected chi connectivity index (χ3v) is 13.3. The third kappa shape index (κ3) is 4.18. The monoisotopic (exact) mass is 715 g/mol. The van der Waals surface area contributed by atoms with Crippen LogP contribution in [-0.2, 0) is 5.41 Å². The Kier molecular flexibility index (Phi) is 6.49. The molecule has 55 heavy (non-hydrogen) atoms. The molecule has 0 saturated heterocycles. The zero-order valence-electron chi connectivity index (χ0n) is 29.9. The zero-order valence-corrected chi connectivity index (χ0v) is 30.7. The van der Waals surface area contributed by atoms with Crippen LogP contribution in [0.1, 0.15) is 22.3 Å². The van der Waals surface area contributed by atoms with Gasteiger partial charge in [-0.1, -0.05) is 170 Å². The summed E-state index contributed by atoms with van der Waals surface area (Å²) in [6.45, 7) is 0. The van der Waals surface area contributed by atoms with Crippen LogP contribution in [0.25, 0.3) is 64.3 Å². The smallest absolute Gasteiger partial charge is 0.0740 e. The molecule has 0 fully saturated rings. The van der Waals surface area contributed by atoms with Crippen molar-refractivity contribution in [1.82, 2.24) is 0 Å². The first-order chi connectivity index (χ1) is 27.3. The number of benzene rings is 9. The van der Waals surface area contributed by atoms with E-state index >= 15 is 0 Å². The minimum Gasteiger partial charge on any atom is -0.309 e. The lowest BCUT2D eigenvalue weighted by Crippen LogP contribution is -2.26. The van der Waals surface area contributed by atoms with Crippen LogP contribution in [-0.4, -0.2) is 0 Å². The summed E-state index contributed by atoms with van der Waals surface area (Å²) in [7, 11) is 0. The molecule has 2 aliphatic carbocycles. The van der Waals surface area contributed by atoms with E-state index in [1.165, 1.54) is 86.6 Å². The highest BCUT2D eigenvalue weighted by Crippen LogP contribution is 2.66. The Morgan fingerprint density at radius 3 is 1.76 bits per heavy atom. The van der Waals surface area contributed by atoms with E-state index < -0.39 is 5.41 Å². The second-order valence-electron chi connectivity index (χ2n) is 14.8. The summed E-state index contributed by atoms with van der Waals surface area (Å²) in [5, 5.41) is 6.31. The lowest BCUT2D eigenvalue weighted by molar-refractivity contribution is 0.802. The van der Waals surface area contributed by atoms with Gasteiger partial charge >= 0.3 is 0 Å². The number of para-hydroxylation sites is 1. The molecule has 0 aliphatic heterocycles. The minimum atomic E-state index is -0.455. The van der Waals surface area contributed by atoms with E-state index in [0.29, 0.717) is 0 Å². The fourth-order valence-electron chi connectivity index (χ4n) is 9.87. The molecule has 2 aliphatic rings. The van der Waals surface area contributed by atoms with Crippen LogP contribution in [0.5, 0.6) is 0 Å². The second kappa shape index (κ2) is 11.6. The van der Waals surface area contributed by atoms with Crippen LogP contribution in [0.4, 0.5) is 17.1 Å². The number of fused-ring (bicyclic) bond motifs is 15.